The summed E-state index contributed by atoms with van der Waals surface area (Å²) in [5.41, 5.74) is -0.792. The van der Waals surface area contributed by atoms with Crippen LogP contribution in [0.2, 0.25) is 0 Å². The summed E-state index contributed by atoms with van der Waals surface area (Å²) in [7, 11) is 0. The summed E-state index contributed by atoms with van der Waals surface area (Å²) in [6.07, 6.45) is 3.18. The van der Waals surface area contributed by atoms with Crippen LogP contribution in [-0.4, -0.2) is 79.8 Å². The van der Waals surface area contributed by atoms with Crippen LogP contribution in [0.4, 0.5) is 0 Å². The van der Waals surface area contributed by atoms with Gasteiger partial charge in [0.2, 0.25) is 0 Å². The molecular weight excluding hydrogens is 328 g/mol. The van der Waals surface area contributed by atoms with Crippen molar-refractivity contribution in [2.24, 2.45) is 25.2 Å². The van der Waals surface area contributed by atoms with E-state index >= 15 is 0 Å². The first-order valence-electron chi connectivity index (χ1n) is 9.61. The molecule has 3 rings (SSSR count). The Hall–Kier alpha value is -1.99. The molecule has 0 unspecified atom stereocenters. The van der Waals surface area contributed by atoms with Crippen molar-refractivity contribution in [3.05, 3.63) is 0 Å². The van der Waals surface area contributed by atoms with Crippen LogP contribution in [0, 0.1) is 0 Å². The maximum atomic E-state index is 4.47. The van der Waals surface area contributed by atoms with Crippen molar-refractivity contribution in [2.75, 3.05) is 45.8 Å². The summed E-state index contributed by atoms with van der Waals surface area (Å²) in [5, 5.41) is 15.4. The molecule has 0 atom stereocenters. The number of hydrogen-bond donors (Lipinski definition) is 2. The normalized spacial score (nSPS) is 19.8. The van der Waals surface area contributed by atoms with E-state index < -0.39 is 11.1 Å². The van der Waals surface area contributed by atoms with Crippen molar-refractivity contribution in [3.63, 3.8) is 0 Å². The molecule has 8 heteroatoms. The van der Waals surface area contributed by atoms with Crippen molar-refractivity contribution in [1.82, 2.24) is 15.5 Å². The number of hydrogen-bond acceptors (Lipinski definition) is 8. The Labute approximate surface area is 157 Å². The van der Waals surface area contributed by atoms with E-state index in [1.165, 1.54) is 13.0 Å². The van der Waals surface area contributed by atoms with Gasteiger partial charge in [-0.3, -0.25) is 15.0 Å². The summed E-state index contributed by atoms with van der Waals surface area (Å²) < 4.78 is 0. The van der Waals surface area contributed by atoms with Gasteiger partial charge in [-0.1, -0.05) is 6.92 Å². The molecule has 0 aromatic heterocycles. The van der Waals surface area contributed by atoms with Crippen LogP contribution >= 0.6 is 0 Å². The van der Waals surface area contributed by atoms with Crippen LogP contribution < -0.4 is 10.6 Å². The summed E-state index contributed by atoms with van der Waals surface area (Å²) >= 11 is 0. The van der Waals surface area contributed by atoms with Gasteiger partial charge < -0.3 is 15.5 Å². The van der Waals surface area contributed by atoms with E-state index in [9.17, 15) is 0 Å². The Kier molecular flexibility index (Phi) is 7.11. The zero-order valence-corrected chi connectivity index (χ0v) is 16.9. The molecule has 0 aromatic carbocycles. The Morgan fingerprint density at radius 1 is 0.962 bits per heavy atom. The standard InChI is InChI=1S/C12H22N6.C6H12N2/c1-11(2,9-13-5-6-14-9)17-18-12(3,4)10-15-7-8-16-10;1-2-4-8-5-3-7-6-8/h5-8H2,1-4H3,(H,13,14)(H,15,16);6H,2-5H2,1H3. The minimum Gasteiger partial charge on any atom is -0.370 e. The van der Waals surface area contributed by atoms with Crippen molar-refractivity contribution in [1.29, 1.82) is 0 Å². The molecule has 146 valence electrons. The fourth-order valence-electron chi connectivity index (χ4n) is 2.83. The number of nitrogens with zero attached hydrogens (tertiary/aromatic N) is 6. The number of aliphatic imine (C=N–C) groups is 3. The maximum absolute atomic E-state index is 4.47. The van der Waals surface area contributed by atoms with E-state index in [4.69, 9.17) is 0 Å². The van der Waals surface area contributed by atoms with Crippen LogP contribution in [0.15, 0.2) is 25.2 Å². The highest BCUT2D eigenvalue weighted by Crippen LogP contribution is 2.19. The second kappa shape index (κ2) is 9.09. The zero-order valence-electron chi connectivity index (χ0n) is 16.9. The molecule has 3 aliphatic rings. The summed E-state index contributed by atoms with van der Waals surface area (Å²) in [4.78, 5) is 15.2. The first-order chi connectivity index (χ1) is 12.3. The van der Waals surface area contributed by atoms with Gasteiger partial charge in [-0.15, -0.1) is 0 Å². The smallest absolute Gasteiger partial charge is 0.133 e. The first kappa shape index (κ1) is 20.3. The Balaban J connectivity index is 0.000000254. The van der Waals surface area contributed by atoms with Gasteiger partial charge in [0.05, 0.1) is 26.0 Å². The third-order valence-electron chi connectivity index (χ3n) is 4.33. The third kappa shape index (κ3) is 5.78. The fraction of sp³-hybridized carbons (Fsp3) is 0.833. The van der Waals surface area contributed by atoms with Gasteiger partial charge in [-0.25, -0.2) is 0 Å². The lowest BCUT2D eigenvalue weighted by atomic mass is 10.0. The molecule has 0 aliphatic carbocycles. The molecule has 0 fully saturated rings. The van der Waals surface area contributed by atoms with E-state index in [-0.39, 0.29) is 0 Å². The van der Waals surface area contributed by atoms with E-state index in [0.29, 0.717) is 0 Å². The van der Waals surface area contributed by atoms with Crippen LogP contribution in [-0.2, 0) is 0 Å². The van der Waals surface area contributed by atoms with Crippen molar-refractivity contribution in [2.45, 2.75) is 52.1 Å². The molecule has 0 bridgehead atoms. The topological polar surface area (TPSA) is 89.1 Å². The first-order valence-corrected chi connectivity index (χ1v) is 9.61. The number of rotatable bonds is 6. The summed E-state index contributed by atoms with van der Waals surface area (Å²) in [6, 6.07) is 0. The fourth-order valence-corrected chi connectivity index (χ4v) is 2.83. The number of nitrogens with one attached hydrogen (secondary N) is 2. The monoisotopic (exact) mass is 362 g/mol. The quantitative estimate of drug-likeness (QED) is 0.705. The average molecular weight is 363 g/mol. The van der Waals surface area contributed by atoms with E-state index in [1.807, 2.05) is 34.0 Å². The molecule has 0 saturated carbocycles. The summed E-state index contributed by atoms with van der Waals surface area (Å²) in [5.74, 6) is 1.84. The highest BCUT2D eigenvalue weighted by Gasteiger charge is 2.31. The molecule has 26 heavy (non-hydrogen) atoms. The van der Waals surface area contributed by atoms with Crippen LogP contribution in [0.5, 0.6) is 0 Å². The predicted molar refractivity (Wildman–Crippen MR) is 109 cm³/mol. The number of azo groups is 1. The number of amidine groups is 2. The molecule has 0 amide bonds. The zero-order chi connectivity index (χ0) is 19.0. The van der Waals surface area contributed by atoms with Crippen molar-refractivity contribution in [3.8, 4) is 0 Å². The van der Waals surface area contributed by atoms with E-state index in [1.54, 1.807) is 0 Å². The average Bonchev–Trinajstić information content (AvgIpc) is 3.36. The van der Waals surface area contributed by atoms with Gasteiger partial charge >= 0.3 is 0 Å². The SMILES string of the molecule is CC(C)(N=NC(C)(C)C1=NCCN1)C1=NCCN1.CCCN1C=NCC1. The molecule has 0 saturated heterocycles. The Bertz CT molecular complexity index is 536. The molecule has 8 nitrogen and oxygen atoms in total. The molecule has 0 aromatic rings. The van der Waals surface area contributed by atoms with Gasteiger partial charge in [-0.2, -0.15) is 10.2 Å². The lowest BCUT2D eigenvalue weighted by molar-refractivity contribution is 0.466. The second-order valence-electron chi connectivity index (χ2n) is 7.69. The predicted octanol–water partition coefficient (Wildman–Crippen LogP) is 1.74. The Morgan fingerprint density at radius 3 is 1.85 bits per heavy atom. The summed E-state index contributed by atoms with van der Waals surface area (Å²) in [6.45, 7) is 17.0. The molecule has 2 N–H and O–H groups in total. The van der Waals surface area contributed by atoms with E-state index in [0.717, 1.165) is 50.9 Å². The van der Waals surface area contributed by atoms with Crippen LogP contribution in [0.3, 0.4) is 0 Å². The molecule has 3 heterocycles. The van der Waals surface area contributed by atoms with Gasteiger partial charge in [0.1, 0.15) is 22.7 Å². The molecule has 0 spiro atoms. The highest BCUT2D eigenvalue weighted by molar-refractivity contribution is 5.93. The van der Waals surface area contributed by atoms with Crippen LogP contribution in [0.1, 0.15) is 41.0 Å². The minimum atomic E-state index is -0.396. The second-order valence-corrected chi connectivity index (χ2v) is 7.69. The van der Waals surface area contributed by atoms with E-state index in [2.05, 4.69) is 47.7 Å². The molecular formula is C18H34N8. The van der Waals surface area contributed by atoms with Crippen molar-refractivity contribution >= 4 is 18.0 Å². The highest BCUT2D eigenvalue weighted by atomic mass is 15.3. The van der Waals surface area contributed by atoms with Gasteiger partial charge in [0.15, 0.2) is 0 Å². The van der Waals surface area contributed by atoms with Gasteiger partial charge in [0, 0.05) is 26.2 Å². The van der Waals surface area contributed by atoms with Crippen molar-refractivity contribution < 1.29 is 0 Å². The molecule has 3 aliphatic heterocycles. The largest absolute Gasteiger partial charge is 0.370 e. The van der Waals surface area contributed by atoms with Crippen LogP contribution in [0.25, 0.3) is 0 Å². The third-order valence-corrected chi connectivity index (χ3v) is 4.33. The van der Waals surface area contributed by atoms with Gasteiger partial charge in [-0.05, 0) is 34.1 Å². The lowest BCUT2D eigenvalue weighted by Crippen LogP contribution is -2.41. The minimum absolute atomic E-state index is 0.396. The Morgan fingerprint density at radius 2 is 1.50 bits per heavy atom. The van der Waals surface area contributed by atoms with Gasteiger partial charge in [0.25, 0.3) is 0 Å². The lowest BCUT2D eigenvalue weighted by Gasteiger charge is -2.23. The molecule has 0 radical (unpaired) electrons. The maximum Gasteiger partial charge on any atom is 0.133 e.